The van der Waals surface area contributed by atoms with Gasteiger partial charge in [0.25, 0.3) is 5.91 Å². The number of nitrogens with one attached hydrogen (secondary N) is 2. The topological polar surface area (TPSA) is 79.8 Å². The quantitative estimate of drug-likeness (QED) is 0.819. The Morgan fingerprint density at radius 2 is 2.39 bits per heavy atom. The van der Waals surface area contributed by atoms with Crippen LogP contribution < -0.4 is 10.9 Å². The number of amides is 1. The fourth-order valence-corrected chi connectivity index (χ4v) is 1.59. The number of hydrogen-bond donors (Lipinski definition) is 2. The van der Waals surface area contributed by atoms with E-state index in [9.17, 15) is 9.59 Å². The number of carbonyl (C=O) groups is 1. The van der Waals surface area contributed by atoms with Gasteiger partial charge in [-0.25, -0.2) is 0 Å². The lowest BCUT2D eigenvalue weighted by molar-refractivity contribution is 0.0935. The summed E-state index contributed by atoms with van der Waals surface area (Å²) in [5.41, 5.74) is 0.207. The second kappa shape index (κ2) is 5.31. The summed E-state index contributed by atoms with van der Waals surface area (Å²) in [5, 5.41) is 6.90. The van der Waals surface area contributed by atoms with Crippen molar-refractivity contribution in [3.8, 4) is 0 Å². The third-order valence-electron chi connectivity index (χ3n) is 2.44. The zero-order valence-corrected chi connectivity index (χ0v) is 9.96. The average Bonchev–Trinajstić information content (AvgIpc) is 2.82. The van der Waals surface area contributed by atoms with Gasteiger partial charge in [0.15, 0.2) is 0 Å². The van der Waals surface area contributed by atoms with E-state index in [0.717, 1.165) is 0 Å². The lowest BCUT2D eigenvalue weighted by Crippen LogP contribution is -2.36. The van der Waals surface area contributed by atoms with Crippen LogP contribution in [0.3, 0.4) is 0 Å². The SMILES string of the molecule is CC(Cn1cccn1)NC(=O)c1ccc(=O)[nH]c1. The minimum atomic E-state index is -0.226. The standard InChI is InChI=1S/C12H14N4O2/c1-9(8-16-6-2-5-14-16)15-12(18)10-3-4-11(17)13-7-10/h2-7,9H,8H2,1H3,(H,13,17)(H,15,18). The highest BCUT2D eigenvalue weighted by atomic mass is 16.2. The number of pyridine rings is 1. The van der Waals surface area contributed by atoms with E-state index in [1.165, 1.54) is 18.3 Å². The van der Waals surface area contributed by atoms with Crippen LogP contribution in [0.15, 0.2) is 41.6 Å². The number of carbonyl (C=O) groups excluding carboxylic acids is 1. The van der Waals surface area contributed by atoms with E-state index in [1.54, 1.807) is 10.9 Å². The minimum absolute atomic E-state index is 0.0515. The summed E-state index contributed by atoms with van der Waals surface area (Å²) in [6.07, 6.45) is 4.93. The summed E-state index contributed by atoms with van der Waals surface area (Å²) in [6, 6.07) is 4.60. The number of nitrogens with zero attached hydrogens (tertiary/aromatic N) is 2. The van der Waals surface area contributed by atoms with Crippen LogP contribution in [-0.2, 0) is 6.54 Å². The largest absolute Gasteiger partial charge is 0.348 e. The molecule has 18 heavy (non-hydrogen) atoms. The zero-order valence-electron chi connectivity index (χ0n) is 9.96. The normalized spacial score (nSPS) is 12.1. The number of rotatable bonds is 4. The van der Waals surface area contributed by atoms with Crippen LogP contribution in [0.2, 0.25) is 0 Å². The van der Waals surface area contributed by atoms with Gasteiger partial charge in [-0.05, 0) is 19.1 Å². The van der Waals surface area contributed by atoms with E-state index in [-0.39, 0.29) is 17.5 Å². The van der Waals surface area contributed by atoms with E-state index in [2.05, 4.69) is 15.4 Å². The van der Waals surface area contributed by atoms with Crippen molar-refractivity contribution in [2.75, 3.05) is 0 Å². The molecule has 0 fully saturated rings. The summed E-state index contributed by atoms with van der Waals surface area (Å²) in [6.45, 7) is 2.49. The van der Waals surface area contributed by atoms with Gasteiger partial charge in [0.2, 0.25) is 5.56 Å². The second-order valence-corrected chi connectivity index (χ2v) is 4.04. The van der Waals surface area contributed by atoms with Gasteiger partial charge in [-0.15, -0.1) is 0 Å². The summed E-state index contributed by atoms with van der Waals surface area (Å²) in [7, 11) is 0. The molecular weight excluding hydrogens is 232 g/mol. The van der Waals surface area contributed by atoms with Crippen molar-refractivity contribution >= 4 is 5.91 Å². The lowest BCUT2D eigenvalue weighted by atomic mass is 10.2. The molecule has 2 N–H and O–H groups in total. The molecule has 2 aromatic heterocycles. The molecule has 1 atom stereocenters. The highest BCUT2D eigenvalue weighted by molar-refractivity contribution is 5.93. The molecule has 0 aliphatic carbocycles. The van der Waals surface area contributed by atoms with Gasteiger partial charge in [-0.3, -0.25) is 14.3 Å². The fourth-order valence-electron chi connectivity index (χ4n) is 1.59. The molecule has 0 radical (unpaired) electrons. The van der Waals surface area contributed by atoms with Crippen molar-refractivity contribution in [2.24, 2.45) is 0 Å². The molecule has 0 spiro atoms. The Kier molecular flexibility index (Phi) is 3.57. The maximum atomic E-state index is 11.8. The highest BCUT2D eigenvalue weighted by Gasteiger charge is 2.10. The molecule has 2 aromatic rings. The third-order valence-corrected chi connectivity index (χ3v) is 2.44. The van der Waals surface area contributed by atoms with Gasteiger partial charge in [0.05, 0.1) is 12.1 Å². The molecular formula is C12H14N4O2. The van der Waals surface area contributed by atoms with Crippen LogP contribution in [0.1, 0.15) is 17.3 Å². The Morgan fingerprint density at radius 1 is 1.56 bits per heavy atom. The average molecular weight is 246 g/mol. The Labute approximate surface area is 104 Å². The van der Waals surface area contributed by atoms with Gasteiger partial charge in [-0.1, -0.05) is 0 Å². The smallest absolute Gasteiger partial charge is 0.253 e. The molecule has 1 amide bonds. The Morgan fingerprint density at radius 3 is 3.00 bits per heavy atom. The summed E-state index contributed by atoms with van der Waals surface area (Å²) in [5.74, 6) is -0.217. The molecule has 0 bridgehead atoms. The van der Waals surface area contributed by atoms with Crippen molar-refractivity contribution in [1.82, 2.24) is 20.1 Å². The van der Waals surface area contributed by atoms with E-state index < -0.39 is 0 Å². The van der Waals surface area contributed by atoms with Gasteiger partial charge >= 0.3 is 0 Å². The van der Waals surface area contributed by atoms with Crippen molar-refractivity contribution in [3.05, 3.63) is 52.7 Å². The van der Waals surface area contributed by atoms with Gasteiger partial charge in [-0.2, -0.15) is 5.10 Å². The van der Waals surface area contributed by atoms with Crippen molar-refractivity contribution in [1.29, 1.82) is 0 Å². The van der Waals surface area contributed by atoms with Crippen LogP contribution in [0.5, 0.6) is 0 Å². The first-order chi connectivity index (χ1) is 8.65. The molecule has 94 valence electrons. The number of H-pyrrole nitrogens is 1. The van der Waals surface area contributed by atoms with Gasteiger partial charge in [0.1, 0.15) is 0 Å². The molecule has 0 aliphatic rings. The molecule has 1 unspecified atom stereocenters. The molecule has 0 aliphatic heterocycles. The van der Waals surface area contributed by atoms with E-state index in [4.69, 9.17) is 0 Å². The van der Waals surface area contributed by atoms with Gasteiger partial charge in [0, 0.05) is 30.7 Å². The summed E-state index contributed by atoms with van der Waals surface area (Å²) >= 11 is 0. The molecule has 6 nitrogen and oxygen atoms in total. The lowest BCUT2D eigenvalue weighted by Gasteiger charge is -2.13. The maximum absolute atomic E-state index is 11.8. The molecule has 0 saturated heterocycles. The number of hydrogen-bond acceptors (Lipinski definition) is 3. The number of aromatic amines is 1. The molecule has 0 aromatic carbocycles. The number of aromatic nitrogens is 3. The van der Waals surface area contributed by atoms with Gasteiger partial charge < -0.3 is 10.3 Å². The molecule has 2 heterocycles. The highest BCUT2D eigenvalue weighted by Crippen LogP contribution is 1.96. The van der Waals surface area contributed by atoms with Crippen LogP contribution >= 0.6 is 0 Å². The predicted octanol–water partition coefficient (Wildman–Crippen LogP) is 0.390. The first-order valence-electron chi connectivity index (χ1n) is 5.62. The van der Waals surface area contributed by atoms with Crippen LogP contribution in [0.4, 0.5) is 0 Å². The summed E-state index contributed by atoms with van der Waals surface area (Å²) < 4.78 is 1.75. The molecule has 6 heteroatoms. The minimum Gasteiger partial charge on any atom is -0.348 e. The predicted molar refractivity (Wildman–Crippen MR) is 66.2 cm³/mol. The monoisotopic (exact) mass is 246 g/mol. The van der Waals surface area contributed by atoms with E-state index in [1.807, 2.05) is 19.2 Å². The first kappa shape index (κ1) is 12.1. The van der Waals surface area contributed by atoms with E-state index >= 15 is 0 Å². The van der Waals surface area contributed by atoms with Crippen molar-refractivity contribution in [3.63, 3.8) is 0 Å². The zero-order chi connectivity index (χ0) is 13.0. The Hall–Kier alpha value is -2.37. The Balaban J connectivity index is 1.94. The van der Waals surface area contributed by atoms with Crippen LogP contribution in [0.25, 0.3) is 0 Å². The molecule has 2 rings (SSSR count). The maximum Gasteiger partial charge on any atom is 0.253 e. The van der Waals surface area contributed by atoms with Crippen LogP contribution in [0, 0.1) is 0 Å². The van der Waals surface area contributed by atoms with Crippen LogP contribution in [-0.4, -0.2) is 26.7 Å². The summed E-state index contributed by atoms with van der Waals surface area (Å²) in [4.78, 5) is 25.2. The molecule has 0 saturated carbocycles. The fraction of sp³-hybridized carbons (Fsp3) is 0.250. The third kappa shape index (κ3) is 3.07. The van der Waals surface area contributed by atoms with E-state index in [0.29, 0.717) is 12.1 Å². The Bertz CT molecular complexity index is 554. The van der Waals surface area contributed by atoms with Crippen molar-refractivity contribution < 1.29 is 4.79 Å². The first-order valence-corrected chi connectivity index (χ1v) is 5.62. The second-order valence-electron chi connectivity index (χ2n) is 4.04. The van der Waals surface area contributed by atoms with Crippen molar-refractivity contribution in [2.45, 2.75) is 19.5 Å².